The second-order valence-corrected chi connectivity index (χ2v) is 6.73. The maximum atomic E-state index is 12.5. The summed E-state index contributed by atoms with van der Waals surface area (Å²) in [5, 5.41) is 0.604. The van der Waals surface area contributed by atoms with Crippen molar-refractivity contribution in [3.05, 3.63) is 88.0 Å². The van der Waals surface area contributed by atoms with Gasteiger partial charge in [-0.2, -0.15) is 0 Å². The molecule has 1 aliphatic rings. The standard InChI is InChI=1S/C22H15ClO5/c1-13-18(27-20(24)11-14-4-6-15(23)7-5-14)9-8-17-21(25)19(28-22(13)17)12-16-3-2-10-26-16/h2-10,12H,11H2,1H3/b19-12-. The Balaban J connectivity index is 1.53. The van der Waals surface area contributed by atoms with E-state index in [-0.39, 0.29) is 18.0 Å². The quantitative estimate of drug-likeness (QED) is 0.353. The van der Waals surface area contributed by atoms with Gasteiger partial charge in [-0.15, -0.1) is 0 Å². The van der Waals surface area contributed by atoms with E-state index in [1.54, 1.807) is 55.5 Å². The van der Waals surface area contributed by atoms with Crippen molar-refractivity contribution in [3.8, 4) is 11.5 Å². The summed E-state index contributed by atoms with van der Waals surface area (Å²) in [4.78, 5) is 24.8. The summed E-state index contributed by atoms with van der Waals surface area (Å²) in [6.45, 7) is 1.74. The molecule has 5 nitrogen and oxygen atoms in total. The number of rotatable bonds is 4. The van der Waals surface area contributed by atoms with Crippen LogP contribution < -0.4 is 9.47 Å². The number of halogens is 1. The van der Waals surface area contributed by atoms with Crippen LogP contribution in [-0.4, -0.2) is 11.8 Å². The average Bonchev–Trinajstić information content (AvgIpc) is 3.29. The van der Waals surface area contributed by atoms with Gasteiger partial charge in [-0.3, -0.25) is 9.59 Å². The molecule has 140 valence electrons. The molecule has 0 unspecified atom stereocenters. The number of benzene rings is 2. The van der Waals surface area contributed by atoms with Crippen molar-refractivity contribution in [1.82, 2.24) is 0 Å². The highest BCUT2D eigenvalue weighted by atomic mass is 35.5. The number of carbonyl (C=O) groups excluding carboxylic acids is 2. The molecule has 0 radical (unpaired) electrons. The summed E-state index contributed by atoms with van der Waals surface area (Å²) < 4.78 is 16.4. The monoisotopic (exact) mass is 394 g/mol. The summed E-state index contributed by atoms with van der Waals surface area (Å²) in [7, 11) is 0. The van der Waals surface area contributed by atoms with Crippen molar-refractivity contribution < 1.29 is 23.5 Å². The molecular formula is C22H15ClO5. The van der Waals surface area contributed by atoms with Gasteiger partial charge in [-0.25, -0.2) is 0 Å². The van der Waals surface area contributed by atoms with Crippen LogP contribution in [0.25, 0.3) is 6.08 Å². The van der Waals surface area contributed by atoms with E-state index < -0.39 is 5.97 Å². The summed E-state index contributed by atoms with van der Waals surface area (Å²) in [5.41, 5.74) is 1.80. The van der Waals surface area contributed by atoms with E-state index in [1.807, 2.05) is 0 Å². The molecule has 2 aromatic carbocycles. The predicted molar refractivity (Wildman–Crippen MR) is 104 cm³/mol. The van der Waals surface area contributed by atoms with Crippen molar-refractivity contribution in [1.29, 1.82) is 0 Å². The summed E-state index contributed by atoms with van der Waals surface area (Å²) in [6.07, 6.45) is 3.16. The van der Waals surface area contributed by atoms with Gasteiger partial charge in [0.2, 0.25) is 5.78 Å². The molecule has 0 fully saturated rings. The summed E-state index contributed by atoms with van der Waals surface area (Å²) in [5.74, 6) is 0.764. The zero-order valence-corrected chi connectivity index (χ0v) is 15.7. The smallest absolute Gasteiger partial charge is 0.315 e. The fraction of sp³-hybridized carbons (Fsp3) is 0.0909. The lowest BCUT2D eigenvalue weighted by atomic mass is 10.1. The zero-order chi connectivity index (χ0) is 19.7. The van der Waals surface area contributed by atoms with Crippen molar-refractivity contribution in [2.75, 3.05) is 0 Å². The Morgan fingerprint density at radius 1 is 1.14 bits per heavy atom. The van der Waals surface area contributed by atoms with Gasteiger partial charge in [0, 0.05) is 16.7 Å². The lowest BCUT2D eigenvalue weighted by Crippen LogP contribution is -2.12. The summed E-state index contributed by atoms with van der Waals surface area (Å²) in [6, 6.07) is 13.6. The van der Waals surface area contributed by atoms with Gasteiger partial charge in [-0.05, 0) is 48.9 Å². The minimum atomic E-state index is -0.416. The molecule has 0 saturated heterocycles. The highest BCUT2D eigenvalue weighted by Gasteiger charge is 2.30. The zero-order valence-electron chi connectivity index (χ0n) is 14.9. The van der Waals surface area contributed by atoms with E-state index in [0.29, 0.717) is 33.4 Å². The number of hydrogen-bond acceptors (Lipinski definition) is 5. The van der Waals surface area contributed by atoms with E-state index in [9.17, 15) is 9.59 Å². The van der Waals surface area contributed by atoms with E-state index in [1.165, 1.54) is 12.3 Å². The Labute approximate surface area is 166 Å². The number of esters is 1. The van der Waals surface area contributed by atoms with E-state index in [2.05, 4.69) is 0 Å². The summed E-state index contributed by atoms with van der Waals surface area (Å²) >= 11 is 5.85. The molecule has 1 aliphatic heterocycles. The van der Waals surface area contributed by atoms with Gasteiger partial charge in [0.25, 0.3) is 0 Å². The Hall–Kier alpha value is -3.31. The Kier molecular flexibility index (Phi) is 4.75. The van der Waals surface area contributed by atoms with Gasteiger partial charge in [0.05, 0.1) is 18.2 Å². The van der Waals surface area contributed by atoms with Crippen LogP contribution in [0.4, 0.5) is 0 Å². The molecular weight excluding hydrogens is 380 g/mol. The van der Waals surface area contributed by atoms with Gasteiger partial charge < -0.3 is 13.9 Å². The van der Waals surface area contributed by atoms with E-state index in [4.69, 9.17) is 25.5 Å². The number of ether oxygens (including phenoxy) is 2. The Morgan fingerprint density at radius 2 is 1.93 bits per heavy atom. The first-order valence-corrected chi connectivity index (χ1v) is 8.95. The van der Waals surface area contributed by atoms with Crippen LogP contribution >= 0.6 is 11.6 Å². The average molecular weight is 395 g/mol. The van der Waals surface area contributed by atoms with Crippen molar-refractivity contribution in [2.24, 2.45) is 0 Å². The molecule has 0 spiro atoms. The van der Waals surface area contributed by atoms with Gasteiger partial charge in [0.15, 0.2) is 5.76 Å². The van der Waals surface area contributed by atoms with Crippen molar-refractivity contribution in [3.63, 3.8) is 0 Å². The largest absolute Gasteiger partial charge is 0.465 e. The van der Waals surface area contributed by atoms with Crippen LogP contribution in [0.1, 0.15) is 27.2 Å². The topological polar surface area (TPSA) is 65.7 Å². The maximum Gasteiger partial charge on any atom is 0.315 e. The molecule has 0 atom stereocenters. The molecule has 0 bridgehead atoms. The minimum Gasteiger partial charge on any atom is -0.465 e. The first-order valence-electron chi connectivity index (χ1n) is 8.58. The second-order valence-electron chi connectivity index (χ2n) is 6.30. The Bertz CT molecular complexity index is 1080. The first kappa shape index (κ1) is 18.1. The van der Waals surface area contributed by atoms with E-state index in [0.717, 1.165) is 5.56 Å². The third-order valence-electron chi connectivity index (χ3n) is 4.34. The van der Waals surface area contributed by atoms with Gasteiger partial charge >= 0.3 is 5.97 Å². The molecule has 6 heteroatoms. The minimum absolute atomic E-state index is 0.108. The van der Waals surface area contributed by atoms with Crippen LogP contribution in [0, 0.1) is 6.92 Å². The van der Waals surface area contributed by atoms with Crippen LogP contribution in [0.2, 0.25) is 5.02 Å². The maximum absolute atomic E-state index is 12.5. The molecule has 3 aromatic rings. The molecule has 0 amide bonds. The molecule has 2 heterocycles. The highest BCUT2D eigenvalue weighted by Crippen LogP contribution is 2.39. The lowest BCUT2D eigenvalue weighted by molar-refractivity contribution is -0.133. The van der Waals surface area contributed by atoms with Crippen LogP contribution in [0.15, 0.2) is 65.0 Å². The fourth-order valence-corrected chi connectivity index (χ4v) is 3.03. The number of furan rings is 1. The number of ketones is 1. The van der Waals surface area contributed by atoms with Crippen LogP contribution in [-0.2, 0) is 11.2 Å². The SMILES string of the molecule is Cc1c(OC(=O)Cc2ccc(Cl)cc2)ccc2c1O/C(=C\c1ccco1)C2=O. The fourth-order valence-electron chi connectivity index (χ4n) is 2.91. The van der Waals surface area contributed by atoms with Crippen molar-refractivity contribution in [2.45, 2.75) is 13.3 Å². The number of Topliss-reactive ketones (excluding diaryl/α,β-unsaturated/α-hetero) is 1. The molecule has 0 aliphatic carbocycles. The van der Waals surface area contributed by atoms with Crippen LogP contribution in [0.5, 0.6) is 11.5 Å². The molecule has 28 heavy (non-hydrogen) atoms. The first-order chi connectivity index (χ1) is 13.5. The van der Waals surface area contributed by atoms with E-state index >= 15 is 0 Å². The Morgan fingerprint density at radius 3 is 2.64 bits per heavy atom. The third-order valence-corrected chi connectivity index (χ3v) is 4.59. The third kappa shape index (κ3) is 3.57. The molecule has 1 aromatic heterocycles. The number of carbonyl (C=O) groups is 2. The molecule has 4 rings (SSSR count). The van der Waals surface area contributed by atoms with Gasteiger partial charge in [-0.1, -0.05) is 23.7 Å². The second kappa shape index (κ2) is 7.37. The van der Waals surface area contributed by atoms with Crippen molar-refractivity contribution >= 4 is 29.4 Å². The number of fused-ring (bicyclic) bond motifs is 1. The number of hydrogen-bond donors (Lipinski definition) is 0. The highest BCUT2D eigenvalue weighted by molar-refractivity contribution is 6.30. The molecule has 0 N–H and O–H groups in total. The normalized spacial score (nSPS) is 14.1. The van der Waals surface area contributed by atoms with Crippen LogP contribution in [0.3, 0.4) is 0 Å². The number of allylic oxidation sites excluding steroid dienone is 1. The lowest BCUT2D eigenvalue weighted by Gasteiger charge is -2.10. The molecule has 0 saturated carbocycles. The van der Waals surface area contributed by atoms with Gasteiger partial charge in [0.1, 0.15) is 17.3 Å². The predicted octanol–water partition coefficient (Wildman–Crippen LogP) is 5.01.